The van der Waals surface area contributed by atoms with Crippen LogP contribution in [0, 0.1) is 6.92 Å². The summed E-state index contributed by atoms with van der Waals surface area (Å²) in [5.74, 6) is 0.224. The molecule has 1 aliphatic heterocycles. The van der Waals surface area contributed by atoms with Crippen LogP contribution in [0.25, 0.3) is 0 Å². The molecule has 1 aromatic rings. The van der Waals surface area contributed by atoms with Crippen LogP contribution >= 0.6 is 0 Å². The van der Waals surface area contributed by atoms with Crippen LogP contribution in [0.2, 0.25) is 0 Å². The number of carbonyl (C=O) groups excluding carboxylic acids is 1. The number of piperazine rings is 1. The van der Waals surface area contributed by atoms with E-state index in [1.807, 2.05) is 21.9 Å². The average Bonchev–Trinajstić information content (AvgIpc) is 2.47. The van der Waals surface area contributed by atoms with Gasteiger partial charge in [-0.2, -0.15) is 0 Å². The van der Waals surface area contributed by atoms with Crippen LogP contribution in [0.1, 0.15) is 12.0 Å². The van der Waals surface area contributed by atoms with Crippen molar-refractivity contribution in [2.75, 3.05) is 39.3 Å². The average molecular weight is 278 g/mol. The lowest BCUT2D eigenvalue weighted by Gasteiger charge is -2.34. The van der Waals surface area contributed by atoms with Crippen molar-refractivity contribution in [2.45, 2.75) is 19.9 Å². The Morgan fingerprint density at radius 3 is 2.50 bits per heavy atom. The van der Waals surface area contributed by atoms with Gasteiger partial charge in [0.2, 0.25) is 5.91 Å². The lowest BCUT2D eigenvalue weighted by atomic mass is 10.2. The second-order valence-electron chi connectivity index (χ2n) is 5.31. The van der Waals surface area contributed by atoms with E-state index in [1.54, 1.807) is 0 Å². The first-order valence-electron chi connectivity index (χ1n) is 7.26. The zero-order chi connectivity index (χ0) is 14.4. The Morgan fingerprint density at radius 2 is 1.90 bits per heavy atom. The van der Waals surface area contributed by atoms with Gasteiger partial charge in [0.25, 0.3) is 0 Å². The van der Waals surface area contributed by atoms with Gasteiger partial charge in [-0.25, -0.2) is 4.57 Å². The maximum absolute atomic E-state index is 12.1. The topological polar surface area (TPSA) is 47.7 Å². The Balaban J connectivity index is 1.74. The van der Waals surface area contributed by atoms with Crippen LogP contribution in [0.3, 0.4) is 0 Å². The van der Waals surface area contributed by atoms with Crippen molar-refractivity contribution in [1.29, 1.82) is 0 Å². The van der Waals surface area contributed by atoms with Gasteiger partial charge in [-0.1, -0.05) is 0 Å². The molecule has 0 radical (unpaired) electrons. The number of hydrogen-bond acceptors (Lipinski definition) is 3. The molecular weight excluding hydrogens is 254 g/mol. The van der Waals surface area contributed by atoms with Crippen LogP contribution in [0.15, 0.2) is 24.5 Å². The maximum Gasteiger partial charge on any atom is 0.229 e. The quantitative estimate of drug-likeness (QED) is 0.760. The molecule has 5 nitrogen and oxygen atoms in total. The van der Waals surface area contributed by atoms with Crippen LogP contribution < -0.4 is 4.57 Å². The zero-order valence-electron chi connectivity index (χ0n) is 12.2. The summed E-state index contributed by atoms with van der Waals surface area (Å²) in [5.41, 5.74) is 1.23. The third kappa shape index (κ3) is 4.28. The van der Waals surface area contributed by atoms with Gasteiger partial charge in [-0.05, 0) is 12.5 Å². The third-order valence-corrected chi connectivity index (χ3v) is 3.78. The number of amides is 1. The first-order chi connectivity index (χ1) is 9.69. The number of carbonyl (C=O) groups is 1. The summed E-state index contributed by atoms with van der Waals surface area (Å²) in [6, 6.07) is 4.11. The van der Waals surface area contributed by atoms with E-state index >= 15 is 0 Å². The molecule has 1 aliphatic rings. The van der Waals surface area contributed by atoms with E-state index in [0.29, 0.717) is 13.0 Å². The van der Waals surface area contributed by atoms with Gasteiger partial charge >= 0.3 is 0 Å². The second kappa shape index (κ2) is 7.36. The van der Waals surface area contributed by atoms with Crippen LogP contribution in [0.5, 0.6) is 0 Å². The third-order valence-electron chi connectivity index (χ3n) is 3.78. The molecule has 0 aromatic carbocycles. The number of β-amino-alcohol motifs (C(OH)–C–C–N with tert-alkyl or cyclic N) is 1. The van der Waals surface area contributed by atoms with Crippen LogP contribution in [-0.4, -0.2) is 60.1 Å². The molecule has 0 bridgehead atoms. The van der Waals surface area contributed by atoms with E-state index in [0.717, 1.165) is 32.7 Å². The highest BCUT2D eigenvalue weighted by molar-refractivity contribution is 5.76. The van der Waals surface area contributed by atoms with Crippen molar-refractivity contribution in [3.05, 3.63) is 30.1 Å². The number of pyridine rings is 1. The standard InChI is InChI=1S/C15H24N3O2/c1-14-2-5-16(6-3-14)7-4-15(20)18-10-8-17(9-11-18)12-13-19/h2-3,5-6,19H,4,7-13H2,1H3/q+1. The minimum atomic E-state index is 0.192. The summed E-state index contributed by atoms with van der Waals surface area (Å²) < 4.78 is 2.05. The van der Waals surface area contributed by atoms with E-state index in [2.05, 4.69) is 24.0 Å². The van der Waals surface area contributed by atoms with Crippen molar-refractivity contribution in [2.24, 2.45) is 0 Å². The number of rotatable bonds is 5. The summed E-state index contributed by atoms with van der Waals surface area (Å²) in [4.78, 5) is 16.3. The molecule has 1 N–H and O–H groups in total. The smallest absolute Gasteiger partial charge is 0.229 e. The van der Waals surface area contributed by atoms with Crippen molar-refractivity contribution in [3.8, 4) is 0 Å². The molecule has 1 aromatic heterocycles. The fourth-order valence-corrected chi connectivity index (χ4v) is 2.43. The fourth-order valence-electron chi connectivity index (χ4n) is 2.43. The summed E-state index contributed by atoms with van der Waals surface area (Å²) in [6.45, 7) is 6.97. The number of aliphatic hydroxyl groups excluding tert-OH is 1. The summed E-state index contributed by atoms with van der Waals surface area (Å²) in [7, 11) is 0. The Bertz CT molecular complexity index is 425. The van der Waals surface area contributed by atoms with Gasteiger partial charge in [-0.15, -0.1) is 0 Å². The van der Waals surface area contributed by atoms with E-state index < -0.39 is 0 Å². The molecule has 2 rings (SSSR count). The van der Waals surface area contributed by atoms with Gasteiger partial charge in [0.1, 0.15) is 0 Å². The van der Waals surface area contributed by atoms with Crippen molar-refractivity contribution in [1.82, 2.24) is 9.80 Å². The van der Waals surface area contributed by atoms with Crippen molar-refractivity contribution >= 4 is 5.91 Å². The number of aromatic nitrogens is 1. The molecule has 110 valence electrons. The molecule has 1 fully saturated rings. The van der Waals surface area contributed by atoms with E-state index in [9.17, 15) is 4.79 Å². The number of aryl methyl sites for hydroxylation is 2. The molecule has 20 heavy (non-hydrogen) atoms. The second-order valence-corrected chi connectivity index (χ2v) is 5.31. The maximum atomic E-state index is 12.1. The fraction of sp³-hybridized carbons (Fsp3) is 0.600. The molecule has 0 aliphatic carbocycles. The van der Waals surface area contributed by atoms with Gasteiger partial charge in [0, 0.05) is 44.9 Å². The number of hydrogen-bond donors (Lipinski definition) is 1. The van der Waals surface area contributed by atoms with Gasteiger partial charge in [0.15, 0.2) is 18.9 Å². The predicted octanol–water partition coefficient (Wildman–Crippen LogP) is -0.191. The Morgan fingerprint density at radius 1 is 1.25 bits per heavy atom. The van der Waals surface area contributed by atoms with Gasteiger partial charge in [-0.3, -0.25) is 9.69 Å². The Labute approximate surface area is 120 Å². The van der Waals surface area contributed by atoms with Crippen LogP contribution in [-0.2, 0) is 11.3 Å². The molecule has 2 heterocycles. The molecule has 1 amide bonds. The minimum Gasteiger partial charge on any atom is -0.395 e. The largest absolute Gasteiger partial charge is 0.395 e. The highest BCUT2D eigenvalue weighted by Gasteiger charge is 2.21. The van der Waals surface area contributed by atoms with E-state index in [-0.39, 0.29) is 12.5 Å². The molecule has 1 saturated heterocycles. The number of nitrogens with zero attached hydrogens (tertiary/aromatic N) is 3. The minimum absolute atomic E-state index is 0.192. The van der Waals surface area contributed by atoms with Gasteiger partial charge < -0.3 is 10.0 Å². The first kappa shape index (κ1) is 14.9. The molecule has 0 atom stereocenters. The normalized spacial score (nSPS) is 16.4. The van der Waals surface area contributed by atoms with E-state index in [1.165, 1.54) is 5.56 Å². The summed E-state index contributed by atoms with van der Waals surface area (Å²) in [6.07, 6.45) is 4.58. The highest BCUT2D eigenvalue weighted by Crippen LogP contribution is 2.03. The Hall–Kier alpha value is -1.46. The lowest BCUT2D eigenvalue weighted by Crippen LogP contribution is -2.50. The predicted molar refractivity (Wildman–Crippen MR) is 76.1 cm³/mol. The van der Waals surface area contributed by atoms with Crippen LogP contribution in [0.4, 0.5) is 0 Å². The SMILES string of the molecule is Cc1cc[n+](CCC(=O)N2CCN(CCO)CC2)cc1. The van der Waals surface area contributed by atoms with E-state index in [4.69, 9.17) is 5.11 Å². The van der Waals surface area contributed by atoms with Crippen molar-refractivity contribution < 1.29 is 14.5 Å². The lowest BCUT2D eigenvalue weighted by molar-refractivity contribution is -0.696. The van der Waals surface area contributed by atoms with Crippen molar-refractivity contribution in [3.63, 3.8) is 0 Å². The zero-order valence-corrected chi connectivity index (χ0v) is 12.2. The Kier molecular flexibility index (Phi) is 5.49. The molecule has 0 saturated carbocycles. The summed E-state index contributed by atoms with van der Waals surface area (Å²) >= 11 is 0. The molecule has 0 spiro atoms. The molecule has 5 heteroatoms. The highest BCUT2D eigenvalue weighted by atomic mass is 16.3. The monoisotopic (exact) mass is 278 g/mol. The first-order valence-corrected chi connectivity index (χ1v) is 7.26. The van der Waals surface area contributed by atoms with Gasteiger partial charge in [0.05, 0.1) is 13.0 Å². The summed E-state index contributed by atoms with van der Waals surface area (Å²) in [5, 5.41) is 8.90. The molecule has 0 unspecified atom stereocenters. The molecular formula is C15H24N3O2+. The number of aliphatic hydroxyl groups is 1.